The Morgan fingerprint density at radius 3 is 3.00 bits per heavy atom. The van der Waals surface area contributed by atoms with E-state index < -0.39 is 0 Å². The number of rotatable bonds is 3. The number of hydrogen-bond acceptors (Lipinski definition) is 5. The Kier molecular flexibility index (Phi) is 3.11. The topological polar surface area (TPSA) is 66.9 Å². The fourth-order valence-corrected chi connectivity index (χ4v) is 1.75. The molecule has 2 N–H and O–H groups in total. The average molecular weight is 234 g/mol. The highest BCUT2D eigenvalue weighted by atomic mass is 32.1. The summed E-state index contributed by atoms with van der Waals surface area (Å²) in [6, 6.07) is 5.24. The van der Waals surface area contributed by atoms with Gasteiger partial charge in [-0.2, -0.15) is 4.98 Å². The van der Waals surface area contributed by atoms with Crippen molar-refractivity contribution in [1.82, 2.24) is 9.97 Å². The first-order valence-corrected chi connectivity index (χ1v) is 5.53. The van der Waals surface area contributed by atoms with E-state index in [2.05, 4.69) is 20.6 Å². The van der Waals surface area contributed by atoms with Crippen molar-refractivity contribution in [3.8, 4) is 0 Å². The fraction of sp³-hybridized carbons (Fsp3) is 0.100. The second-order valence-corrected chi connectivity index (χ2v) is 3.89. The molecular formula is C10H10N4OS. The summed E-state index contributed by atoms with van der Waals surface area (Å²) in [6.45, 7) is 0. The molecule has 0 spiro atoms. The zero-order valence-electron chi connectivity index (χ0n) is 8.60. The first-order valence-electron chi connectivity index (χ1n) is 4.65. The number of carbonyl (C=O) groups excluding carboxylic acids is 1. The highest BCUT2D eigenvalue weighted by molar-refractivity contribution is 7.12. The molecule has 0 atom stereocenters. The summed E-state index contributed by atoms with van der Waals surface area (Å²) in [5, 5.41) is 7.36. The van der Waals surface area contributed by atoms with Crippen LogP contribution < -0.4 is 10.6 Å². The van der Waals surface area contributed by atoms with E-state index in [-0.39, 0.29) is 5.91 Å². The summed E-state index contributed by atoms with van der Waals surface area (Å²) in [5.74, 6) is 0.803. The van der Waals surface area contributed by atoms with Gasteiger partial charge in [-0.05, 0) is 17.5 Å². The number of anilines is 2. The van der Waals surface area contributed by atoms with Crippen molar-refractivity contribution >= 4 is 29.0 Å². The highest BCUT2D eigenvalue weighted by Crippen LogP contribution is 2.12. The maximum atomic E-state index is 11.7. The zero-order valence-corrected chi connectivity index (χ0v) is 9.41. The minimum atomic E-state index is -0.157. The largest absolute Gasteiger partial charge is 0.357 e. The molecule has 0 unspecified atom stereocenters. The zero-order chi connectivity index (χ0) is 11.4. The molecule has 6 heteroatoms. The maximum Gasteiger partial charge on any atom is 0.266 e. The summed E-state index contributed by atoms with van der Waals surface area (Å²) >= 11 is 1.39. The molecule has 1 amide bonds. The molecule has 5 nitrogen and oxygen atoms in total. The Morgan fingerprint density at radius 1 is 1.44 bits per heavy atom. The molecule has 0 aliphatic carbocycles. The van der Waals surface area contributed by atoms with Gasteiger partial charge in [0.15, 0.2) is 0 Å². The van der Waals surface area contributed by atoms with Crippen LogP contribution in [0, 0.1) is 0 Å². The maximum absolute atomic E-state index is 11.7. The lowest BCUT2D eigenvalue weighted by atomic mass is 10.4. The average Bonchev–Trinajstić information content (AvgIpc) is 2.83. The van der Waals surface area contributed by atoms with Crippen molar-refractivity contribution in [2.75, 3.05) is 17.7 Å². The number of hydrogen-bond donors (Lipinski definition) is 2. The van der Waals surface area contributed by atoms with Crippen molar-refractivity contribution < 1.29 is 4.79 Å². The van der Waals surface area contributed by atoms with Gasteiger partial charge in [0.25, 0.3) is 5.91 Å². The molecule has 16 heavy (non-hydrogen) atoms. The highest BCUT2D eigenvalue weighted by Gasteiger charge is 2.07. The van der Waals surface area contributed by atoms with Crippen molar-refractivity contribution in [2.45, 2.75) is 0 Å². The third-order valence-corrected chi connectivity index (χ3v) is 2.73. The fourth-order valence-electron chi connectivity index (χ4n) is 1.13. The van der Waals surface area contributed by atoms with Crippen molar-refractivity contribution in [2.24, 2.45) is 0 Å². The summed E-state index contributed by atoms with van der Waals surface area (Å²) in [4.78, 5) is 20.4. The van der Waals surface area contributed by atoms with Crippen LogP contribution in [0.2, 0.25) is 0 Å². The molecule has 0 saturated heterocycles. The molecule has 2 aromatic rings. The van der Waals surface area contributed by atoms with Crippen LogP contribution in [-0.4, -0.2) is 22.9 Å². The van der Waals surface area contributed by atoms with Crippen molar-refractivity contribution in [3.05, 3.63) is 34.7 Å². The molecule has 2 rings (SSSR count). The summed E-state index contributed by atoms with van der Waals surface area (Å²) < 4.78 is 0. The smallest absolute Gasteiger partial charge is 0.266 e. The van der Waals surface area contributed by atoms with Gasteiger partial charge in [-0.1, -0.05) is 6.07 Å². The lowest BCUT2D eigenvalue weighted by molar-refractivity contribution is 0.103. The predicted octanol–water partition coefficient (Wildman–Crippen LogP) is 1.83. The van der Waals surface area contributed by atoms with E-state index in [1.807, 2.05) is 11.4 Å². The molecule has 82 valence electrons. The second-order valence-electron chi connectivity index (χ2n) is 2.95. The van der Waals surface area contributed by atoms with E-state index in [1.165, 1.54) is 11.3 Å². The number of thiophene rings is 1. The van der Waals surface area contributed by atoms with Gasteiger partial charge in [-0.3, -0.25) is 4.79 Å². The molecule has 2 aromatic heterocycles. The van der Waals surface area contributed by atoms with Crippen molar-refractivity contribution in [3.63, 3.8) is 0 Å². The van der Waals surface area contributed by atoms with Gasteiger partial charge in [0.05, 0.1) is 4.88 Å². The van der Waals surface area contributed by atoms with Gasteiger partial charge in [0, 0.05) is 13.2 Å². The monoisotopic (exact) mass is 234 g/mol. The molecular weight excluding hydrogens is 224 g/mol. The van der Waals surface area contributed by atoms with E-state index in [0.717, 1.165) is 0 Å². The quantitative estimate of drug-likeness (QED) is 0.850. The molecule has 0 radical (unpaired) electrons. The Bertz CT molecular complexity index is 483. The minimum absolute atomic E-state index is 0.157. The van der Waals surface area contributed by atoms with E-state index >= 15 is 0 Å². The van der Waals surface area contributed by atoms with E-state index in [4.69, 9.17) is 0 Å². The van der Waals surface area contributed by atoms with Gasteiger partial charge < -0.3 is 10.6 Å². The molecule has 0 fully saturated rings. The number of amides is 1. The molecule has 0 aliphatic rings. The summed E-state index contributed by atoms with van der Waals surface area (Å²) in [5.41, 5.74) is 0. The Labute approximate surface area is 96.6 Å². The van der Waals surface area contributed by atoms with Crippen LogP contribution in [0.5, 0.6) is 0 Å². The van der Waals surface area contributed by atoms with Crippen LogP contribution in [0.25, 0.3) is 0 Å². The third-order valence-electron chi connectivity index (χ3n) is 1.87. The number of nitrogens with zero attached hydrogens (tertiary/aromatic N) is 2. The van der Waals surface area contributed by atoms with Crippen LogP contribution in [0.4, 0.5) is 11.8 Å². The van der Waals surface area contributed by atoms with E-state index in [0.29, 0.717) is 16.6 Å². The SMILES string of the molecule is CNc1nccc(NC(=O)c2cccs2)n1. The summed E-state index contributed by atoms with van der Waals surface area (Å²) in [7, 11) is 1.72. The Morgan fingerprint density at radius 2 is 2.31 bits per heavy atom. The lowest BCUT2D eigenvalue weighted by Crippen LogP contribution is -2.12. The minimum Gasteiger partial charge on any atom is -0.357 e. The van der Waals surface area contributed by atoms with Crippen LogP contribution in [0.1, 0.15) is 9.67 Å². The lowest BCUT2D eigenvalue weighted by Gasteiger charge is -2.03. The summed E-state index contributed by atoms with van der Waals surface area (Å²) in [6.07, 6.45) is 1.59. The number of nitrogens with one attached hydrogen (secondary N) is 2. The van der Waals surface area contributed by atoms with Gasteiger partial charge >= 0.3 is 0 Å². The third kappa shape index (κ3) is 2.34. The molecule has 0 saturated carbocycles. The standard InChI is InChI=1S/C10H10N4OS/c1-11-10-12-5-4-8(14-10)13-9(15)7-3-2-6-16-7/h2-6H,1H3,(H2,11,12,13,14,15). The first-order chi connectivity index (χ1) is 7.79. The van der Waals surface area contributed by atoms with Crippen LogP contribution >= 0.6 is 11.3 Å². The number of aromatic nitrogens is 2. The van der Waals surface area contributed by atoms with E-state index in [9.17, 15) is 4.79 Å². The van der Waals surface area contributed by atoms with E-state index in [1.54, 1.807) is 25.4 Å². The first kappa shape index (κ1) is 10.6. The Balaban J connectivity index is 2.12. The predicted molar refractivity (Wildman–Crippen MR) is 63.9 cm³/mol. The van der Waals surface area contributed by atoms with Crippen LogP contribution in [0.15, 0.2) is 29.8 Å². The second kappa shape index (κ2) is 4.71. The van der Waals surface area contributed by atoms with Gasteiger partial charge in [-0.15, -0.1) is 11.3 Å². The molecule has 0 bridgehead atoms. The molecule has 2 heterocycles. The molecule has 0 aliphatic heterocycles. The van der Waals surface area contributed by atoms with Gasteiger partial charge in [-0.25, -0.2) is 4.98 Å². The van der Waals surface area contributed by atoms with Crippen LogP contribution in [-0.2, 0) is 0 Å². The van der Waals surface area contributed by atoms with Gasteiger partial charge in [0.1, 0.15) is 5.82 Å². The van der Waals surface area contributed by atoms with Crippen LogP contribution in [0.3, 0.4) is 0 Å². The van der Waals surface area contributed by atoms with Crippen molar-refractivity contribution in [1.29, 1.82) is 0 Å². The molecule has 0 aromatic carbocycles. The Hall–Kier alpha value is -1.95. The van der Waals surface area contributed by atoms with Gasteiger partial charge in [0.2, 0.25) is 5.95 Å². The number of carbonyl (C=O) groups is 1. The normalized spacial score (nSPS) is 9.81.